The summed E-state index contributed by atoms with van der Waals surface area (Å²) < 4.78 is 1.11. The number of thiazole rings is 1. The highest BCUT2D eigenvalue weighted by Gasteiger charge is 2.04. The summed E-state index contributed by atoms with van der Waals surface area (Å²) in [6.07, 6.45) is 3.28. The van der Waals surface area contributed by atoms with Crippen LogP contribution in [0, 0.1) is 6.92 Å². The zero-order valence-electron chi connectivity index (χ0n) is 12.1. The smallest absolute Gasteiger partial charge is 0.266 e. The third-order valence-corrected chi connectivity index (χ3v) is 5.38. The van der Waals surface area contributed by atoms with E-state index in [9.17, 15) is 9.59 Å². The van der Waals surface area contributed by atoms with Gasteiger partial charge in [-0.3, -0.25) is 9.59 Å². The molecular formula is C17H12ClNO2S2. The van der Waals surface area contributed by atoms with Crippen LogP contribution in [0.4, 0.5) is 0 Å². The Bertz CT molecular complexity index is 1040. The van der Waals surface area contributed by atoms with Gasteiger partial charge in [-0.05, 0) is 42.1 Å². The first-order chi connectivity index (χ1) is 11.0. The highest BCUT2D eigenvalue weighted by Crippen LogP contribution is 2.15. The van der Waals surface area contributed by atoms with Gasteiger partial charge in [0.25, 0.3) is 5.56 Å². The molecule has 0 aliphatic carbocycles. The van der Waals surface area contributed by atoms with Crippen LogP contribution in [0.5, 0.6) is 0 Å². The standard InChI is InChI=1S/C17H12ClNO2S2/c1-10-5-6-22-14(10)9-15-17(21)19-16(23-15)8-13(20)11-3-2-4-12(18)7-11/h2-9H,1H3,(H,19,21)/b15-9-,16-8-. The molecule has 1 aromatic carbocycles. The number of H-pyrrole nitrogens is 1. The Morgan fingerprint density at radius 3 is 2.83 bits per heavy atom. The maximum absolute atomic E-state index is 12.2. The molecule has 116 valence electrons. The van der Waals surface area contributed by atoms with Gasteiger partial charge in [-0.15, -0.1) is 22.7 Å². The third-order valence-electron chi connectivity index (χ3n) is 3.22. The molecule has 23 heavy (non-hydrogen) atoms. The number of benzene rings is 1. The molecule has 1 N–H and O–H groups in total. The summed E-state index contributed by atoms with van der Waals surface area (Å²) in [5.74, 6) is -0.191. The van der Waals surface area contributed by atoms with Crippen LogP contribution in [0.15, 0.2) is 40.5 Å². The number of ketones is 1. The first kappa shape index (κ1) is 15.9. The number of aromatic nitrogens is 1. The van der Waals surface area contributed by atoms with E-state index in [1.54, 1.807) is 35.6 Å². The van der Waals surface area contributed by atoms with Crippen LogP contribution in [-0.2, 0) is 0 Å². The van der Waals surface area contributed by atoms with Crippen molar-refractivity contribution in [2.24, 2.45) is 0 Å². The molecule has 0 bridgehead atoms. The van der Waals surface area contributed by atoms with Crippen LogP contribution in [0.25, 0.3) is 12.2 Å². The summed E-state index contributed by atoms with van der Waals surface area (Å²) in [6, 6.07) is 8.74. The van der Waals surface area contributed by atoms with Crippen molar-refractivity contribution in [1.29, 1.82) is 0 Å². The van der Waals surface area contributed by atoms with Crippen molar-refractivity contribution >= 4 is 52.2 Å². The van der Waals surface area contributed by atoms with E-state index >= 15 is 0 Å². The number of aromatic amines is 1. The molecule has 6 heteroatoms. The number of thiophene rings is 1. The van der Waals surface area contributed by atoms with Crippen molar-refractivity contribution in [3.05, 3.63) is 76.3 Å². The summed E-state index contributed by atoms with van der Waals surface area (Å²) in [5.41, 5.74) is 1.43. The first-order valence-electron chi connectivity index (χ1n) is 6.79. The van der Waals surface area contributed by atoms with E-state index in [2.05, 4.69) is 4.98 Å². The lowest BCUT2D eigenvalue weighted by Gasteiger charge is -1.95. The van der Waals surface area contributed by atoms with Crippen molar-refractivity contribution < 1.29 is 4.79 Å². The Morgan fingerprint density at radius 1 is 1.30 bits per heavy atom. The molecule has 3 aromatic rings. The quantitative estimate of drug-likeness (QED) is 0.729. The van der Waals surface area contributed by atoms with Crippen LogP contribution in [0.3, 0.4) is 0 Å². The minimum atomic E-state index is -0.191. The summed E-state index contributed by atoms with van der Waals surface area (Å²) in [4.78, 5) is 28.0. The van der Waals surface area contributed by atoms with Crippen LogP contribution >= 0.6 is 34.3 Å². The van der Waals surface area contributed by atoms with Gasteiger partial charge in [-0.1, -0.05) is 23.7 Å². The molecule has 0 amide bonds. The summed E-state index contributed by atoms with van der Waals surface area (Å²) in [7, 11) is 0. The number of carbonyl (C=O) groups excluding carboxylic acids is 1. The number of Topliss-reactive ketones (excluding diaryl/α,β-unsaturated/α-hetero) is 1. The van der Waals surface area contributed by atoms with E-state index in [4.69, 9.17) is 11.6 Å². The van der Waals surface area contributed by atoms with E-state index in [-0.39, 0.29) is 11.3 Å². The first-order valence-corrected chi connectivity index (χ1v) is 8.87. The molecule has 0 atom stereocenters. The maximum Gasteiger partial charge on any atom is 0.266 e. The number of nitrogens with one attached hydrogen (secondary N) is 1. The molecule has 0 aliphatic heterocycles. The molecule has 0 spiro atoms. The summed E-state index contributed by atoms with van der Waals surface area (Å²) >= 11 is 8.74. The second-order valence-corrected chi connectivity index (χ2v) is 7.38. The van der Waals surface area contributed by atoms with E-state index in [1.165, 1.54) is 17.4 Å². The number of hydrogen-bond donors (Lipinski definition) is 1. The fourth-order valence-corrected chi connectivity index (χ4v) is 4.01. The molecular weight excluding hydrogens is 350 g/mol. The Balaban J connectivity index is 2.01. The predicted molar refractivity (Wildman–Crippen MR) is 97.1 cm³/mol. The summed E-state index contributed by atoms with van der Waals surface area (Å²) in [6.45, 7) is 2.00. The predicted octanol–water partition coefficient (Wildman–Crippen LogP) is 2.95. The van der Waals surface area contributed by atoms with E-state index in [0.717, 1.165) is 10.4 Å². The van der Waals surface area contributed by atoms with Gasteiger partial charge in [-0.25, -0.2) is 0 Å². The van der Waals surface area contributed by atoms with Crippen molar-refractivity contribution in [3.8, 4) is 0 Å². The molecule has 0 radical (unpaired) electrons. The van der Waals surface area contributed by atoms with Crippen molar-refractivity contribution in [3.63, 3.8) is 0 Å². The molecule has 0 saturated heterocycles. The topological polar surface area (TPSA) is 49.9 Å². The lowest BCUT2D eigenvalue weighted by molar-refractivity contribution is 0.106. The second-order valence-electron chi connectivity index (χ2n) is 4.92. The average Bonchev–Trinajstić information content (AvgIpc) is 3.06. The van der Waals surface area contributed by atoms with Gasteiger partial charge >= 0.3 is 0 Å². The minimum absolute atomic E-state index is 0.187. The Kier molecular flexibility index (Phi) is 4.61. The van der Waals surface area contributed by atoms with Gasteiger partial charge in [-0.2, -0.15) is 0 Å². The van der Waals surface area contributed by atoms with E-state index in [1.807, 2.05) is 24.4 Å². The SMILES string of the molecule is Cc1ccsc1/C=c1\s/c(=C\C(=O)c2cccc(Cl)c2)[nH]c1=O. The molecule has 3 rings (SSSR count). The minimum Gasteiger partial charge on any atom is -0.313 e. The molecule has 0 fully saturated rings. The van der Waals surface area contributed by atoms with Crippen molar-refractivity contribution in [2.75, 3.05) is 0 Å². The van der Waals surface area contributed by atoms with Crippen LogP contribution in [0.2, 0.25) is 5.02 Å². The fourth-order valence-electron chi connectivity index (χ4n) is 2.02. The second kappa shape index (κ2) is 6.66. The molecule has 0 unspecified atom stereocenters. The number of hydrogen-bond acceptors (Lipinski definition) is 4. The van der Waals surface area contributed by atoms with Gasteiger partial charge < -0.3 is 4.98 Å². The fraction of sp³-hybridized carbons (Fsp3) is 0.0588. The lowest BCUT2D eigenvalue weighted by atomic mass is 10.1. The Hall–Kier alpha value is -1.95. The van der Waals surface area contributed by atoms with Crippen LogP contribution in [0.1, 0.15) is 20.8 Å². The number of halogens is 1. The van der Waals surface area contributed by atoms with Crippen molar-refractivity contribution in [1.82, 2.24) is 4.98 Å². The average molecular weight is 362 g/mol. The Labute approximate surface area is 145 Å². The molecule has 0 aliphatic rings. The van der Waals surface area contributed by atoms with E-state index < -0.39 is 0 Å². The van der Waals surface area contributed by atoms with Gasteiger partial charge in [0.05, 0.1) is 9.20 Å². The molecule has 2 heterocycles. The highest BCUT2D eigenvalue weighted by atomic mass is 35.5. The normalized spacial score (nSPS) is 12.8. The maximum atomic E-state index is 12.2. The molecule has 0 saturated carbocycles. The number of carbonyl (C=O) groups is 1. The lowest BCUT2D eigenvalue weighted by Crippen LogP contribution is -2.19. The zero-order chi connectivity index (χ0) is 16.4. The largest absolute Gasteiger partial charge is 0.313 e. The summed E-state index contributed by atoms with van der Waals surface area (Å²) in [5, 5.41) is 2.49. The van der Waals surface area contributed by atoms with E-state index in [0.29, 0.717) is 19.8 Å². The zero-order valence-corrected chi connectivity index (χ0v) is 14.5. The number of aryl methyl sites for hydroxylation is 1. The molecule has 3 nitrogen and oxygen atoms in total. The van der Waals surface area contributed by atoms with Gasteiger partial charge in [0.1, 0.15) is 0 Å². The third kappa shape index (κ3) is 3.69. The highest BCUT2D eigenvalue weighted by molar-refractivity contribution is 7.11. The molecule has 2 aromatic heterocycles. The van der Waals surface area contributed by atoms with Gasteiger partial charge in [0.2, 0.25) is 0 Å². The van der Waals surface area contributed by atoms with Gasteiger partial charge in [0, 0.05) is 21.5 Å². The van der Waals surface area contributed by atoms with Crippen LogP contribution < -0.4 is 14.8 Å². The number of rotatable bonds is 3. The monoisotopic (exact) mass is 361 g/mol. The van der Waals surface area contributed by atoms with Gasteiger partial charge in [0.15, 0.2) is 5.78 Å². The Morgan fingerprint density at radius 2 is 2.13 bits per heavy atom. The van der Waals surface area contributed by atoms with Crippen molar-refractivity contribution in [2.45, 2.75) is 6.92 Å². The van der Waals surface area contributed by atoms with Crippen LogP contribution in [-0.4, -0.2) is 10.8 Å².